The summed E-state index contributed by atoms with van der Waals surface area (Å²) in [6.45, 7) is 1.73. The molecule has 2 aromatic heterocycles. The molecule has 1 fully saturated rings. The third-order valence-corrected chi connectivity index (χ3v) is 4.00. The summed E-state index contributed by atoms with van der Waals surface area (Å²) >= 11 is 3.36. The van der Waals surface area contributed by atoms with E-state index in [-0.39, 0.29) is 11.5 Å². The van der Waals surface area contributed by atoms with Crippen LogP contribution in [0.4, 0.5) is 17.2 Å². The molecule has 0 unspecified atom stereocenters. The molecule has 2 aromatic rings. The van der Waals surface area contributed by atoms with Gasteiger partial charge in [-0.2, -0.15) is 0 Å². The van der Waals surface area contributed by atoms with Gasteiger partial charge in [0.25, 0.3) is 5.56 Å². The lowest BCUT2D eigenvalue weighted by Gasteiger charge is -2.27. The molecule has 0 saturated carbocycles. The Morgan fingerprint density at radius 2 is 2.17 bits per heavy atom. The van der Waals surface area contributed by atoms with Crippen LogP contribution in [0.1, 0.15) is 0 Å². The molecule has 120 valence electrons. The van der Waals surface area contributed by atoms with Gasteiger partial charge in [-0.25, -0.2) is 4.98 Å². The normalized spacial score (nSPS) is 14.9. The van der Waals surface area contributed by atoms with Gasteiger partial charge in [0.1, 0.15) is 11.5 Å². The number of carbonyl (C=O) groups is 1. The van der Waals surface area contributed by atoms with Crippen molar-refractivity contribution in [2.24, 2.45) is 7.05 Å². The van der Waals surface area contributed by atoms with Crippen molar-refractivity contribution < 1.29 is 4.79 Å². The molecule has 8 heteroatoms. The van der Waals surface area contributed by atoms with Gasteiger partial charge in [-0.3, -0.25) is 9.59 Å². The second kappa shape index (κ2) is 6.51. The minimum absolute atomic E-state index is 0.0274. The highest BCUT2D eigenvalue weighted by Crippen LogP contribution is 2.19. The highest BCUT2D eigenvalue weighted by molar-refractivity contribution is 9.10. The van der Waals surface area contributed by atoms with Crippen LogP contribution in [0.5, 0.6) is 0 Å². The summed E-state index contributed by atoms with van der Waals surface area (Å²) in [5, 5.41) is 6.03. The number of carbonyl (C=O) groups excluding carboxylic acids is 1. The van der Waals surface area contributed by atoms with Crippen molar-refractivity contribution in [2.75, 3.05) is 29.9 Å². The number of hydrogen-bond donors (Lipinski definition) is 2. The zero-order chi connectivity index (χ0) is 16.4. The van der Waals surface area contributed by atoms with Gasteiger partial charge in [0.2, 0.25) is 5.91 Å². The maximum atomic E-state index is 12.1. The molecule has 3 heterocycles. The summed E-state index contributed by atoms with van der Waals surface area (Å²) in [4.78, 5) is 29.9. The molecule has 1 aliphatic rings. The zero-order valence-electron chi connectivity index (χ0n) is 12.5. The van der Waals surface area contributed by atoms with Crippen molar-refractivity contribution in [1.82, 2.24) is 14.9 Å². The molecule has 2 N–H and O–H groups in total. The highest BCUT2D eigenvalue weighted by atomic mass is 79.9. The van der Waals surface area contributed by atoms with Crippen LogP contribution < -0.4 is 21.1 Å². The predicted octanol–water partition coefficient (Wildman–Crippen LogP) is 1.22. The summed E-state index contributed by atoms with van der Waals surface area (Å²) in [5.74, 6) is 0.575. The monoisotopic (exact) mass is 377 g/mol. The first-order chi connectivity index (χ1) is 11.0. The lowest BCUT2D eigenvalue weighted by Crippen LogP contribution is -2.48. The average Bonchev–Trinajstić information content (AvgIpc) is 2.53. The van der Waals surface area contributed by atoms with Crippen molar-refractivity contribution in [3.63, 3.8) is 0 Å². The first kappa shape index (κ1) is 15.7. The number of anilines is 3. The molecule has 0 radical (unpaired) electrons. The van der Waals surface area contributed by atoms with E-state index in [0.29, 0.717) is 24.6 Å². The molecule has 0 aliphatic carbocycles. The van der Waals surface area contributed by atoms with Gasteiger partial charge in [-0.05, 0) is 34.1 Å². The van der Waals surface area contributed by atoms with E-state index in [2.05, 4.69) is 31.5 Å². The van der Waals surface area contributed by atoms with Gasteiger partial charge in [0, 0.05) is 30.8 Å². The van der Waals surface area contributed by atoms with E-state index in [0.717, 1.165) is 16.7 Å². The number of rotatable bonds is 3. The van der Waals surface area contributed by atoms with Gasteiger partial charge in [0.15, 0.2) is 0 Å². The molecule has 23 heavy (non-hydrogen) atoms. The fraction of sp³-hybridized carbons (Fsp3) is 0.267. The second-order valence-electron chi connectivity index (χ2n) is 5.24. The molecule has 3 rings (SSSR count). The third-order valence-electron chi connectivity index (χ3n) is 3.56. The van der Waals surface area contributed by atoms with Crippen LogP contribution in [0.25, 0.3) is 0 Å². The minimum Gasteiger partial charge on any atom is -0.336 e. The van der Waals surface area contributed by atoms with E-state index in [1.807, 2.05) is 6.07 Å². The van der Waals surface area contributed by atoms with Crippen molar-refractivity contribution >= 4 is 39.0 Å². The first-order valence-electron chi connectivity index (χ1n) is 7.15. The molecular weight excluding hydrogens is 362 g/mol. The van der Waals surface area contributed by atoms with Crippen molar-refractivity contribution in [3.8, 4) is 0 Å². The van der Waals surface area contributed by atoms with Crippen LogP contribution in [0.15, 0.2) is 39.9 Å². The number of aryl methyl sites for hydroxylation is 1. The molecule has 1 saturated heterocycles. The molecule has 0 bridgehead atoms. The minimum atomic E-state index is -0.142. The van der Waals surface area contributed by atoms with E-state index in [9.17, 15) is 9.59 Å². The van der Waals surface area contributed by atoms with Gasteiger partial charge in [0.05, 0.1) is 18.4 Å². The SMILES string of the molecule is Cn1cc(Br)cc(Nc2ccc(N3CCNCC3=O)cn2)c1=O. The first-order valence-corrected chi connectivity index (χ1v) is 7.94. The van der Waals surface area contributed by atoms with Crippen LogP contribution in [0.3, 0.4) is 0 Å². The lowest BCUT2D eigenvalue weighted by atomic mass is 10.3. The average molecular weight is 378 g/mol. The topological polar surface area (TPSA) is 79.3 Å². The van der Waals surface area contributed by atoms with Crippen LogP contribution in [-0.2, 0) is 11.8 Å². The molecular formula is C15H16BrN5O2. The Morgan fingerprint density at radius 1 is 1.35 bits per heavy atom. The number of halogens is 1. The Balaban J connectivity index is 1.80. The van der Waals surface area contributed by atoms with Gasteiger partial charge in [-0.1, -0.05) is 0 Å². The van der Waals surface area contributed by atoms with E-state index in [1.54, 1.807) is 36.5 Å². The van der Waals surface area contributed by atoms with E-state index >= 15 is 0 Å². The quantitative estimate of drug-likeness (QED) is 0.840. The van der Waals surface area contributed by atoms with E-state index < -0.39 is 0 Å². The molecule has 0 spiro atoms. The van der Waals surface area contributed by atoms with Crippen molar-refractivity contribution in [1.29, 1.82) is 0 Å². The standard InChI is InChI=1S/C15H16BrN5O2/c1-20-9-10(16)6-12(15(20)23)19-13-3-2-11(7-18-13)21-5-4-17-8-14(21)22/h2-3,6-7,9,17H,4-5,8H2,1H3,(H,18,19). The zero-order valence-corrected chi connectivity index (χ0v) is 14.1. The van der Waals surface area contributed by atoms with Crippen LogP contribution in [-0.4, -0.2) is 35.1 Å². The fourth-order valence-electron chi connectivity index (χ4n) is 2.40. The number of aromatic nitrogens is 2. The number of nitrogens with zero attached hydrogens (tertiary/aromatic N) is 3. The number of pyridine rings is 2. The molecule has 0 atom stereocenters. The summed E-state index contributed by atoms with van der Waals surface area (Å²) in [6.07, 6.45) is 3.33. The fourth-order valence-corrected chi connectivity index (χ4v) is 2.93. The maximum absolute atomic E-state index is 12.1. The van der Waals surface area contributed by atoms with E-state index in [1.165, 1.54) is 4.57 Å². The predicted molar refractivity (Wildman–Crippen MR) is 92.1 cm³/mol. The Hall–Kier alpha value is -2.19. The second-order valence-corrected chi connectivity index (χ2v) is 6.15. The Morgan fingerprint density at radius 3 is 2.87 bits per heavy atom. The third kappa shape index (κ3) is 3.43. The molecule has 0 aromatic carbocycles. The maximum Gasteiger partial charge on any atom is 0.274 e. The van der Waals surface area contributed by atoms with Crippen LogP contribution in [0, 0.1) is 0 Å². The molecule has 1 aliphatic heterocycles. The summed E-state index contributed by atoms with van der Waals surface area (Å²) in [5.41, 5.74) is 1.04. The Bertz CT molecular complexity index is 787. The molecule has 7 nitrogen and oxygen atoms in total. The van der Waals surface area contributed by atoms with Crippen molar-refractivity contribution in [3.05, 3.63) is 45.4 Å². The van der Waals surface area contributed by atoms with Gasteiger partial charge >= 0.3 is 0 Å². The number of piperazine rings is 1. The smallest absolute Gasteiger partial charge is 0.274 e. The Kier molecular flexibility index (Phi) is 4.44. The van der Waals surface area contributed by atoms with E-state index in [4.69, 9.17) is 0 Å². The molecule has 1 amide bonds. The van der Waals surface area contributed by atoms with Gasteiger partial charge in [-0.15, -0.1) is 0 Å². The number of amides is 1. The van der Waals surface area contributed by atoms with Crippen molar-refractivity contribution in [2.45, 2.75) is 0 Å². The van der Waals surface area contributed by atoms with Gasteiger partial charge < -0.3 is 20.1 Å². The number of nitrogens with one attached hydrogen (secondary N) is 2. The highest BCUT2D eigenvalue weighted by Gasteiger charge is 2.19. The van der Waals surface area contributed by atoms with Crippen LogP contribution in [0.2, 0.25) is 0 Å². The summed E-state index contributed by atoms with van der Waals surface area (Å²) in [6, 6.07) is 5.28. The van der Waals surface area contributed by atoms with Crippen LogP contribution >= 0.6 is 15.9 Å². The summed E-state index contributed by atoms with van der Waals surface area (Å²) < 4.78 is 2.28. The lowest BCUT2D eigenvalue weighted by molar-refractivity contribution is -0.118. The largest absolute Gasteiger partial charge is 0.336 e. The number of hydrogen-bond acceptors (Lipinski definition) is 5. The summed E-state index contributed by atoms with van der Waals surface area (Å²) in [7, 11) is 1.69. The Labute approximate surface area is 141 Å².